The lowest BCUT2D eigenvalue weighted by molar-refractivity contribution is -0.108. The fraction of sp³-hybridized carbons (Fsp3) is 0.867. The van der Waals surface area contributed by atoms with E-state index < -0.39 is 0 Å². The highest BCUT2D eigenvalue weighted by Gasteiger charge is 2.45. The maximum atomic E-state index is 6.26. The first-order valence-corrected chi connectivity index (χ1v) is 7.60. The normalized spacial score (nSPS) is 22.6. The zero-order chi connectivity index (χ0) is 14.8. The molecule has 1 unspecified atom stereocenters. The van der Waals surface area contributed by atoms with Crippen LogP contribution in [-0.2, 0) is 11.8 Å². The molecule has 1 N–H and O–H groups in total. The van der Waals surface area contributed by atoms with E-state index in [9.17, 15) is 0 Å². The lowest BCUT2D eigenvalue weighted by atomic mass is 9.68. The van der Waals surface area contributed by atoms with Gasteiger partial charge in [-0.15, -0.1) is 5.10 Å². The number of nitrogens with zero attached hydrogens (tertiary/aromatic N) is 3. The van der Waals surface area contributed by atoms with E-state index in [1.54, 1.807) is 0 Å². The molecule has 2 rings (SSSR count). The molecule has 1 aliphatic rings. The molecule has 1 aromatic heterocycles. The minimum Gasteiger partial charge on any atom is -0.373 e. The summed E-state index contributed by atoms with van der Waals surface area (Å²) in [5.74, 6) is 0. The maximum Gasteiger partial charge on any atom is 0.0892 e. The summed E-state index contributed by atoms with van der Waals surface area (Å²) < 4.78 is 8.11. The third-order valence-electron chi connectivity index (χ3n) is 4.74. The number of hydrogen-bond donors (Lipinski definition) is 1. The average molecular weight is 280 g/mol. The Hall–Kier alpha value is -0.940. The van der Waals surface area contributed by atoms with Gasteiger partial charge >= 0.3 is 0 Å². The number of nitrogens with one attached hydrogen (secondary N) is 1. The molecular formula is C15H28N4O. The van der Waals surface area contributed by atoms with Crippen LogP contribution in [0.15, 0.2) is 6.20 Å². The average Bonchev–Trinajstić information content (AvgIpc) is 2.81. The molecule has 0 radical (unpaired) electrons. The summed E-state index contributed by atoms with van der Waals surface area (Å²) in [5, 5.41) is 11.5. The number of aromatic nitrogens is 3. The number of ether oxygens (including phenoxy) is 1. The summed E-state index contributed by atoms with van der Waals surface area (Å²) in [6, 6.07) is 0.138. The van der Waals surface area contributed by atoms with Gasteiger partial charge < -0.3 is 10.1 Å². The molecular weight excluding hydrogens is 252 g/mol. The molecule has 1 saturated carbocycles. The molecule has 0 amide bonds. The highest BCUT2D eigenvalue weighted by atomic mass is 16.5. The first-order valence-electron chi connectivity index (χ1n) is 7.60. The molecule has 0 bridgehead atoms. The van der Waals surface area contributed by atoms with Crippen molar-refractivity contribution in [2.45, 2.75) is 58.1 Å². The molecule has 1 atom stereocenters. The Morgan fingerprint density at radius 1 is 1.35 bits per heavy atom. The van der Waals surface area contributed by atoms with Crippen LogP contribution in [0, 0.1) is 5.41 Å². The third kappa shape index (κ3) is 2.88. The van der Waals surface area contributed by atoms with Crippen molar-refractivity contribution in [3.05, 3.63) is 11.9 Å². The molecule has 0 aliphatic heterocycles. The van der Waals surface area contributed by atoms with E-state index in [1.165, 1.54) is 12.8 Å². The molecule has 5 nitrogen and oxygen atoms in total. The van der Waals surface area contributed by atoms with Gasteiger partial charge in [-0.3, -0.25) is 4.68 Å². The predicted molar refractivity (Wildman–Crippen MR) is 79.4 cm³/mol. The van der Waals surface area contributed by atoms with Gasteiger partial charge in [0.2, 0.25) is 0 Å². The van der Waals surface area contributed by atoms with Crippen molar-refractivity contribution in [3.8, 4) is 0 Å². The Labute approximate surface area is 122 Å². The summed E-state index contributed by atoms with van der Waals surface area (Å²) in [6.07, 6.45) is 6.38. The van der Waals surface area contributed by atoms with Crippen molar-refractivity contribution in [2.75, 3.05) is 13.7 Å². The second kappa shape index (κ2) is 5.82. The van der Waals surface area contributed by atoms with Gasteiger partial charge in [0.15, 0.2) is 0 Å². The van der Waals surface area contributed by atoms with E-state index in [1.807, 2.05) is 25.0 Å². The van der Waals surface area contributed by atoms with E-state index in [0.29, 0.717) is 5.41 Å². The maximum absolute atomic E-state index is 6.26. The van der Waals surface area contributed by atoms with Gasteiger partial charge in [0, 0.05) is 13.7 Å². The molecule has 20 heavy (non-hydrogen) atoms. The number of hydrogen-bond acceptors (Lipinski definition) is 4. The fourth-order valence-electron chi connectivity index (χ4n) is 3.39. The van der Waals surface area contributed by atoms with E-state index in [4.69, 9.17) is 4.74 Å². The second-order valence-electron chi connectivity index (χ2n) is 6.67. The van der Waals surface area contributed by atoms with Gasteiger partial charge in [0.05, 0.1) is 23.5 Å². The van der Waals surface area contributed by atoms with E-state index in [0.717, 1.165) is 25.1 Å². The highest BCUT2D eigenvalue weighted by Crippen LogP contribution is 2.47. The molecule has 1 aliphatic carbocycles. The molecule has 1 aromatic rings. The largest absolute Gasteiger partial charge is 0.373 e. The van der Waals surface area contributed by atoms with E-state index in [-0.39, 0.29) is 11.6 Å². The van der Waals surface area contributed by atoms with Gasteiger partial charge in [0.1, 0.15) is 0 Å². The van der Waals surface area contributed by atoms with Crippen LogP contribution in [0.5, 0.6) is 0 Å². The van der Waals surface area contributed by atoms with Crippen molar-refractivity contribution in [2.24, 2.45) is 12.5 Å². The fourth-order valence-corrected chi connectivity index (χ4v) is 3.39. The van der Waals surface area contributed by atoms with Gasteiger partial charge in [-0.1, -0.05) is 19.1 Å². The first kappa shape index (κ1) is 15.4. The standard InChI is InChI=1S/C15H28N4O/c1-6-20-15(9-7-14(2,3)8-10-15)13(16-4)12-11-17-18-19(12)5/h11,13,16H,6-10H2,1-5H3. The van der Waals surface area contributed by atoms with Gasteiger partial charge in [-0.05, 0) is 45.1 Å². The van der Waals surface area contributed by atoms with Crippen LogP contribution >= 0.6 is 0 Å². The van der Waals surface area contributed by atoms with Crippen molar-refractivity contribution in [1.29, 1.82) is 0 Å². The number of aryl methyl sites for hydroxylation is 1. The summed E-state index contributed by atoms with van der Waals surface area (Å²) in [5.41, 5.74) is 1.37. The van der Waals surface area contributed by atoms with Crippen LogP contribution in [0.2, 0.25) is 0 Å². The number of likely N-dealkylation sites (N-methyl/N-ethyl adjacent to an activating group) is 1. The van der Waals surface area contributed by atoms with Crippen LogP contribution in [0.4, 0.5) is 0 Å². The van der Waals surface area contributed by atoms with Gasteiger partial charge in [-0.25, -0.2) is 0 Å². The summed E-state index contributed by atoms with van der Waals surface area (Å²) in [4.78, 5) is 0. The van der Waals surface area contributed by atoms with Crippen molar-refractivity contribution in [3.63, 3.8) is 0 Å². The molecule has 0 aromatic carbocycles. The van der Waals surface area contributed by atoms with Crippen LogP contribution in [0.25, 0.3) is 0 Å². The monoisotopic (exact) mass is 280 g/mol. The van der Waals surface area contributed by atoms with E-state index in [2.05, 4.69) is 36.4 Å². The van der Waals surface area contributed by atoms with Gasteiger partial charge in [-0.2, -0.15) is 0 Å². The Morgan fingerprint density at radius 3 is 2.45 bits per heavy atom. The Kier molecular flexibility index (Phi) is 4.49. The third-order valence-corrected chi connectivity index (χ3v) is 4.74. The minimum absolute atomic E-state index is 0.138. The minimum atomic E-state index is -0.144. The zero-order valence-corrected chi connectivity index (χ0v) is 13.4. The van der Waals surface area contributed by atoms with E-state index >= 15 is 0 Å². The van der Waals surface area contributed by atoms with Crippen LogP contribution < -0.4 is 5.32 Å². The molecule has 0 saturated heterocycles. The Bertz CT molecular complexity index is 431. The summed E-state index contributed by atoms with van der Waals surface area (Å²) in [7, 11) is 3.94. The Morgan fingerprint density at radius 2 is 2.00 bits per heavy atom. The smallest absolute Gasteiger partial charge is 0.0892 e. The Balaban J connectivity index is 2.29. The molecule has 0 spiro atoms. The van der Waals surface area contributed by atoms with Gasteiger partial charge in [0.25, 0.3) is 0 Å². The first-order chi connectivity index (χ1) is 9.44. The van der Waals surface area contributed by atoms with Crippen LogP contribution in [0.3, 0.4) is 0 Å². The quantitative estimate of drug-likeness (QED) is 0.900. The van der Waals surface area contributed by atoms with Crippen molar-refractivity contribution in [1.82, 2.24) is 20.3 Å². The molecule has 5 heteroatoms. The second-order valence-corrected chi connectivity index (χ2v) is 6.67. The SMILES string of the molecule is CCOC1(C(NC)c2cnnn2C)CCC(C)(C)CC1. The zero-order valence-electron chi connectivity index (χ0n) is 13.4. The lowest BCUT2D eigenvalue weighted by Gasteiger charge is -2.47. The molecule has 1 heterocycles. The van der Waals surface area contributed by atoms with Crippen molar-refractivity contribution >= 4 is 0 Å². The predicted octanol–water partition coefficient (Wildman–Crippen LogP) is 2.45. The van der Waals surface area contributed by atoms with Crippen LogP contribution in [-0.4, -0.2) is 34.2 Å². The van der Waals surface area contributed by atoms with Crippen LogP contribution in [0.1, 0.15) is 58.2 Å². The number of rotatable bonds is 5. The lowest BCUT2D eigenvalue weighted by Crippen LogP contribution is -2.49. The summed E-state index contributed by atoms with van der Waals surface area (Å²) in [6.45, 7) is 7.52. The summed E-state index contributed by atoms with van der Waals surface area (Å²) >= 11 is 0. The molecule has 1 fully saturated rings. The molecule has 114 valence electrons. The topological polar surface area (TPSA) is 52.0 Å². The highest BCUT2D eigenvalue weighted by molar-refractivity contribution is 5.12. The van der Waals surface area contributed by atoms with Crippen molar-refractivity contribution < 1.29 is 4.74 Å².